The highest BCUT2D eigenvalue weighted by molar-refractivity contribution is 5.71. The smallest absolute Gasteiger partial charge is 0.156 e. The average molecular weight is 338 g/mol. The molecule has 0 fully saturated rings. The minimum Gasteiger partial charge on any atom is -0.223 e. The van der Waals surface area contributed by atoms with Gasteiger partial charge in [-0.1, -0.05) is 24.3 Å². The minimum atomic E-state index is 0.646. The Morgan fingerprint density at radius 1 is 0.808 bits per heavy atom. The van der Waals surface area contributed by atoms with Gasteiger partial charge < -0.3 is 0 Å². The highest BCUT2D eigenvalue weighted by Gasteiger charge is 2.06. The van der Waals surface area contributed by atoms with Crippen molar-refractivity contribution in [2.45, 2.75) is 0 Å². The van der Waals surface area contributed by atoms with Crippen LogP contribution in [0.25, 0.3) is 23.8 Å². The molecule has 0 radical (unpaired) electrons. The molecule has 6 heteroatoms. The average Bonchev–Trinajstić information content (AvgIpc) is 3.40. The summed E-state index contributed by atoms with van der Waals surface area (Å²) < 4.78 is 3.43. The predicted octanol–water partition coefficient (Wildman–Crippen LogP) is 3.50. The second kappa shape index (κ2) is 6.87. The van der Waals surface area contributed by atoms with Gasteiger partial charge in [0.25, 0.3) is 0 Å². The van der Waals surface area contributed by atoms with Gasteiger partial charge in [0.15, 0.2) is 11.6 Å². The fourth-order valence-electron chi connectivity index (χ4n) is 2.52. The molecule has 0 aliphatic rings. The highest BCUT2D eigenvalue weighted by atomic mass is 15.3. The lowest BCUT2D eigenvalue weighted by Crippen LogP contribution is -2.04. The van der Waals surface area contributed by atoms with Crippen molar-refractivity contribution >= 4 is 12.2 Å². The van der Waals surface area contributed by atoms with E-state index in [0.717, 1.165) is 11.1 Å². The molecule has 0 bridgehead atoms. The number of hydrogen-bond acceptors (Lipinski definition) is 4. The van der Waals surface area contributed by atoms with E-state index in [4.69, 9.17) is 5.26 Å². The van der Waals surface area contributed by atoms with Crippen LogP contribution in [0.1, 0.15) is 16.7 Å². The number of nitriles is 1. The van der Waals surface area contributed by atoms with E-state index < -0.39 is 0 Å². The Morgan fingerprint density at radius 3 is 1.88 bits per heavy atom. The highest BCUT2D eigenvalue weighted by Crippen LogP contribution is 2.16. The van der Waals surface area contributed by atoms with Gasteiger partial charge in [-0.25, -0.2) is 14.3 Å². The van der Waals surface area contributed by atoms with E-state index in [1.807, 2.05) is 60.9 Å². The lowest BCUT2D eigenvalue weighted by Gasteiger charge is -2.07. The van der Waals surface area contributed by atoms with E-state index in [-0.39, 0.29) is 0 Å². The molecule has 4 aromatic rings. The maximum absolute atomic E-state index is 8.89. The molecule has 0 atom stereocenters. The first-order valence-electron chi connectivity index (χ1n) is 8.02. The number of rotatable bonds is 4. The van der Waals surface area contributed by atoms with Crippen LogP contribution >= 0.6 is 0 Å². The Kier molecular flexibility index (Phi) is 4.11. The van der Waals surface area contributed by atoms with E-state index in [1.165, 1.54) is 0 Å². The molecule has 0 saturated heterocycles. The fourth-order valence-corrected chi connectivity index (χ4v) is 2.52. The lowest BCUT2D eigenvalue weighted by atomic mass is 10.1. The van der Waals surface area contributed by atoms with Crippen molar-refractivity contribution < 1.29 is 0 Å². The molecular formula is C20H14N6. The summed E-state index contributed by atoms with van der Waals surface area (Å²) in [7, 11) is 0. The summed E-state index contributed by atoms with van der Waals surface area (Å²) in [5, 5.41) is 17.4. The molecule has 0 aliphatic heterocycles. The van der Waals surface area contributed by atoms with Gasteiger partial charge in [0.2, 0.25) is 0 Å². The molecular weight excluding hydrogens is 324 g/mol. The van der Waals surface area contributed by atoms with Crippen LogP contribution < -0.4 is 0 Å². The third-order valence-electron chi connectivity index (χ3n) is 3.81. The fraction of sp³-hybridized carbons (Fsp3) is 0. The van der Waals surface area contributed by atoms with E-state index in [0.29, 0.717) is 17.2 Å². The van der Waals surface area contributed by atoms with Crippen molar-refractivity contribution in [2.75, 3.05) is 0 Å². The van der Waals surface area contributed by atoms with Gasteiger partial charge in [0.1, 0.15) is 0 Å². The summed E-state index contributed by atoms with van der Waals surface area (Å²) in [6.45, 7) is 0. The van der Waals surface area contributed by atoms with Crippen molar-refractivity contribution in [3.05, 3.63) is 90.0 Å². The molecule has 124 valence electrons. The Labute approximate surface area is 150 Å². The van der Waals surface area contributed by atoms with Gasteiger partial charge in [-0.3, -0.25) is 0 Å². The predicted molar refractivity (Wildman–Crippen MR) is 98.6 cm³/mol. The maximum Gasteiger partial charge on any atom is 0.156 e. The first-order chi connectivity index (χ1) is 12.8. The molecule has 0 spiro atoms. The first kappa shape index (κ1) is 15.5. The Morgan fingerprint density at radius 2 is 1.38 bits per heavy atom. The number of benzene rings is 1. The first-order valence-corrected chi connectivity index (χ1v) is 8.02. The molecule has 0 amide bonds. The molecule has 4 rings (SSSR count). The minimum absolute atomic E-state index is 0.646. The number of aromatic nitrogens is 5. The molecule has 0 aliphatic carbocycles. The largest absolute Gasteiger partial charge is 0.223 e. The van der Waals surface area contributed by atoms with Crippen LogP contribution in [-0.2, 0) is 0 Å². The van der Waals surface area contributed by atoms with Crippen LogP contribution in [0, 0.1) is 11.3 Å². The van der Waals surface area contributed by atoms with Gasteiger partial charge in [-0.05, 0) is 47.5 Å². The van der Waals surface area contributed by atoms with Gasteiger partial charge in [-0.2, -0.15) is 15.5 Å². The topological polar surface area (TPSA) is 72.3 Å². The second-order valence-electron chi connectivity index (χ2n) is 5.59. The third-order valence-corrected chi connectivity index (χ3v) is 3.81. The summed E-state index contributed by atoms with van der Waals surface area (Å²) in [6, 6.07) is 17.2. The number of pyridine rings is 1. The summed E-state index contributed by atoms with van der Waals surface area (Å²) >= 11 is 0. The zero-order valence-electron chi connectivity index (χ0n) is 13.8. The maximum atomic E-state index is 8.89. The molecule has 0 N–H and O–H groups in total. The van der Waals surface area contributed by atoms with Crippen LogP contribution in [0.15, 0.2) is 73.3 Å². The Balaban J connectivity index is 1.72. The lowest BCUT2D eigenvalue weighted by molar-refractivity contribution is 0.803. The monoisotopic (exact) mass is 338 g/mol. The molecule has 0 unspecified atom stereocenters. The van der Waals surface area contributed by atoms with Crippen molar-refractivity contribution in [3.8, 4) is 17.7 Å². The van der Waals surface area contributed by atoms with Gasteiger partial charge in [-0.15, -0.1) is 0 Å². The van der Waals surface area contributed by atoms with Crippen LogP contribution in [0.5, 0.6) is 0 Å². The van der Waals surface area contributed by atoms with Crippen LogP contribution in [-0.4, -0.2) is 24.5 Å². The number of nitrogens with zero attached hydrogens (tertiary/aromatic N) is 6. The summed E-state index contributed by atoms with van der Waals surface area (Å²) in [5.74, 6) is 1.42. The zero-order valence-corrected chi connectivity index (χ0v) is 13.8. The van der Waals surface area contributed by atoms with Gasteiger partial charge in [0, 0.05) is 24.8 Å². The van der Waals surface area contributed by atoms with Crippen LogP contribution in [0.3, 0.4) is 0 Å². The van der Waals surface area contributed by atoms with E-state index in [2.05, 4.69) is 21.3 Å². The van der Waals surface area contributed by atoms with E-state index in [1.54, 1.807) is 33.9 Å². The Hall–Kier alpha value is -3.98. The van der Waals surface area contributed by atoms with E-state index >= 15 is 0 Å². The van der Waals surface area contributed by atoms with Gasteiger partial charge in [0.05, 0.1) is 11.6 Å². The Bertz CT molecular complexity index is 1020. The SMILES string of the molecule is N#Cc1ccc(/C=C\c2cc(-n3cccn3)nc(-n3cccn3)c2)cc1. The normalized spacial score (nSPS) is 10.9. The molecule has 3 heterocycles. The van der Waals surface area contributed by atoms with Crippen LogP contribution in [0.2, 0.25) is 0 Å². The number of hydrogen-bond donors (Lipinski definition) is 0. The van der Waals surface area contributed by atoms with Crippen molar-refractivity contribution in [1.82, 2.24) is 24.5 Å². The van der Waals surface area contributed by atoms with E-state index in [9.17, 15) is 0 Å². The van der Waals surface area contributed by atoms with Gasteiger partial charge >= 0.3 is 0 Å². The standard InChI is InChI=1S/C20H14N6/c21-15-17-6-3-16(4-7-17)5-8-18-13-19(25-11-1-9-22-25)24-20(14-18)26-12-2-10-23-26/h1-14H/b8-5-. The third kappa shape index (κ3) is 3.28. The summed E-state index contributed by atoms with van der Waals surface area (Å²) in [5.41, 5.74) is 2.63. The molecule has 26 heavy (non-hydrogen) atoms. The molecule has 0 saturated carbocycles. The van der Waals surface area contributed by atoms with Crippen molar-refractivity contribution in [3.63, 3.8) is 0 Å². The quantitative estimate of drug-likeness (QED) is 0.571. The summed E-state index contributed by atoms with van der Waals surface area (Å²) in [6.07, 6.45) is 11.1. The zero-order chi connectivity index (χ0) is 17.8. The van der Waals surface area contributed by atoms with Crippen LogP contribution in [0.4, 0.5) is 0 Å². The summed E-state index contributed by atoms with van der Waals surface area (Å²) in [4.78, 5) is 4.63. The molecule has 3 aromatic heterocycles. The molecule has 6 nitrogen and oxygen atoms in total. The van der Waals surface area contributed by atoms with Crippen molar-refractivity contribution in [1.29, 1.82) is 5.26 Å². The van der Waals surface area contributed by atoms with Crippen molar-refractivity contribution in [2.24, 2.45) is 0 Å². The molecule has 1 aromatic carbocycles. The second-order valence-corrected chi connectivity index (χ2v) is 5.59.